The van der Waals surface area contributed by atoms with E-state index in [9.17, 15) is 4.79 Å². The van der Waals surface area contributed by atoms with Crippen LogP contribution in [0.4, 0.5) is 0 Å². The quantitative estimate of drug-likeness (QED) is 0.487. The van der Waals surface area contributed by atoms with E-state index in [0.717, 1.165) is 12.8 Å². The predicted octanol–water partition coefficient (Wildman–Crippen LogP) is 3.81. The fraction of sp³-hybridized carbons (Fsp3) is 0.786. The minimum Gasteiger partial charge on any atom is -0.461 e. The third kappa shape index (κ3) is 3.99. The summed E-state index contributed by atoms with van der Waals surface area (Å²) in [5.41, 5.74) is -0.377. The molecular weight excluding hydrogens is 200 g/mol. The molecule has 0 aliphatic heterocycles. The van der Waals surface area contributed by atoms with Crippen LogP contribution in [-0.2, 0) is 9.53 Å². The Morgan fingerprint density at radius 2 is 2.00 bits per heavy atom. The maximum absolute atomic E-state index is 12.0. The number of hydrogen-bond acceptors (Lipinski definition) is 2. The molecular formula is C14H26O2. The second kappa shape index (κ2) is 6.72. The van der Waals surface area contributed by atoms with Crippen LogP contribution >= 0.6 is 0 Å². The Labute approximate surface area is 100 Å². The highest BCUT2D eigenvalue weighted by Crippen LogP contribution is 2.36. The van der Waals surface area contributed by atoms with Crippen molar-refractivity contribution in [3.8, 4) is 0 Å². The van der Waals surface area contributed by atoms with Gasteiger partial charge in [-0.1, -0.05) is 46.8 Å². The van der Waals surface area contributed by atoms with Gasteiger partial charge in [-0.15, -0.1) is 0 Å². The lowest BCUT2D eigenvalue weighted by molar-refractivity contribution is -0.157. The fourth-order valence-corrected chi connectivity index (χ4v) is 1.72. The molecule has 2 unspecified atom stereocenters. The fourth-order valence-electron chi connectivity index (χ4n) is 1.72. The highest BCUT2D eigenvalue weighted by atomic mass is 16.5. The molecule has 94 valence electrons. The van der Waals surface area contributed by atoms with Gasteiger partial charge in [0.15, 0.2) is 0 Å². The van der Waals surface area contributed by atoms with Crippen molar-refractivity contribution in [1.29, 1.82) is 0 Å². The van der Waals surface area contributed by atoms with Crippen molar-refractivity contribution >= 4 is 5.97 Å². The van der Waals surface area contributed by atoms with E-state index in [1.165, 1.54) is 0 Å². The lowest BCUT2D eigenvalue weighted by Crippen LogP contribution is -2.36. The zero-order chi connectivity index (χ0) is 12.8. The van der Waals surface area contributed by atoms with Gasteiger partial charge in [0.05, 0.1) is 5.41 Å². The average molecular weight is 226 g/mol. The Morgan fingerprint density at radius 3 is 2.38 bits per heavy atom. The summed E-state index contributed by atoms with van der Waals surface area (Å²) in [4.78, 5) is 12.0. The van der Waals surface area contributed by atoms with E-state index in [1.807, 2.05) is 6.92 Å². The Balaban J connectivity index is 4.67. The molecule has 0 radical (unpaired) electrons. The van der Waals surface area contributed by atoms with Crippen LogP contribution in [0.5, 0.6) is 0 Å². The first-order valence-corrected chi connectivity index (χ1v) is 6.16. The van der Waals surface area contributed by atoms with E-state index in [1.54, 1.807) is 6.08 Å². The topological polar surface area (TPSA) is 26.3 Å². The monoisotopic (exact) mass is 226 g/mol. The lowest BCUT2D eigenvalue weighted by atomic mass is 9.72. The molecule has 16 heavy (non-hydrogen) atoms. The van der Waals surface area contributed by atoms with Crippen LogP contribution in [0.25, 0.3) is 0 Å². The van der Waals surface area contributed by atoms with Crippen LogP contribution in [0.2, 0.25) is 0 Å². The standard InChI is InChI=1S/C14H26O2/c1-7-9-16-13(15)14(6,11(3)4)10-12(5)8-2/h7,11-12H,1,8-10H2,2-6H3. The van der Waals surface area contributed by atoms with E-state index < -0.39 is 0 Å². The van der Waals surface area contributed by atoms with Crippen LogP contribution in [0.1, 0.15) is 47.5 Å². The molecule has 0 aromatic heterocycles. The maximum Gasteiger partial charge on any atom is 0.312 e. The Morgan fingerprint density at radius 1 is 1.44 bits per heavy atom. The second-order valence-electron chi connectivity index (χ2n) is 5.18. The number of hydrogen-bond donors (Lipinski definition) is 0. The molecule has 0 heterocycles. The minimum atomic E-state index is -0.377. The summed E-state index contributed by atoms with van der Waals surface area (Å²) in [6.07, 6.45) is 3.59. The van der Waals surface area contributed by atoms with E-state index in [2.05, 4.69) is 34.3 Å². The first-order valence-electron chi connectivity index (χ1n) is 6.16. The number of rotatable bonds is 7. The number of ether oxygens (including phenoxy) is 1. The van der Waals surface area contributed by atoms with Crippen LogP contribution in [0.3, 0.4) is 0 Å². The number of carbonyl (C=O) groups excluding carboxylic acids is 1. The van der Waals surface area contributed by atoms with Crippen molar-refractivity contribution in [3.63, 3.8) is 0 Å². The largest absolute Gasteiger partial charge is 0.461 e. The molecule has 0 spiro atoms. The van der Waals surface area contributed by atoms with Crippen molar-refractivity contribution in [2.24, 2.45) is 17.3 Å². The molecule has 0 rings (SSSR count). The van der Waals surface area contributed by atoms with Crippen LogP contribution in [0, 0.1) is 17.3 Å². The summed E-state index contributed by atoms with van der Waals surface area (Å²) in [5.74, 6) is 0.741. The smallest absolute Gasteiger partial charge is 0.312 e. The van der Waals surface area contributed by atoms with Crippen LogP contribution < -0.4 is 0 Å². The zero-order valence-corrected chi connectivity index (χ0v) is 11.4. The molecule has 0 bridgehead atoms. The summed E-state index contributed by atoms with van der Waals surface area (Å²) >= 11 is 0. The highest BCUT2D eigenvalue weighted by Gasteiger charge is 2.38. The van der Waals surface area contributed by atoms with Crippen molar-refractivity contribution in [3.05, 3.63) is 12.7 Å². The van der Waals surface area contributed by atoms with Gasteiger partial charge < -0.3 is 4.74 Å². The third-order valence-electron chi connectivity index (χ3n) is 3.54. The van der Waals surface area contributed by atoms with Gasteiger partial charge in [0.2, 0.25) is 0 Å². The third-order valence-corrected chi connectivity index (χ3v) is 3.54. The SMILES string of the molecule is C=CCOC(=O)C(C)(CC(C)CC)C(C)C. The van der Waals surface area contributed by atoms with E-state index in [0.29, 0.717) is 18.4 Å². The Kier molecular flexibility index (Phi) is 6.39. The Bertz CT molecular complexity index is 233. The van der Waals surface area contributed by atoms with Crippen molar-refractivity contribution in [2.75, 3.05) is 6.61 Å². The average Bonchev–Trinajstić information content (AvgIpc) is 2.24. The molecule has 0 aromatic carbocycles. The normalized spacial score (nSPS) is 16.6. The second-order valence-corrected chi connectivity index (χ2v) is 5.18. The molecule has 0 N–H and O–H groups in total. The highest BCUT2D eigenvalue weighted by molar-refractivity contribution is 5.76. The summed E-state index contributed by atoms with van der Waals surface area (Å²) in [6.45, 7) is 14.4. The first-order chi connectivity index (χ1) is 7.38. The molecule has 0 aliphatic carbocycles. The summed E-state index contributed by atoms with van der Waals surface area (Å²) < 4.78 is 5.21. The maximum atomic E-state index is 12.0. The van der Waals surface area contributed by atoms with Crippen molar-refractivity contribution < 1.29 is 9.53 Å². The molecule has 0 fully saturated rings. The van der Waals surface area contributed by atoms with Gasteiger partial charge in [-0.2, -0.15) is 0 Å². The van der Waals surface area contributed by atoms with Gasteiger partial charge in [-0.25, -0.2) is 0 Å². The van der Waals surface area contributed by atoms with Crippen molar-refractivity contribution in [2.45, 2.75) is 47.5 Å². The van der Waals surface area contributed by atoms with Gasteiger partial charge >= 0.3 is 5.97 Å². The first kappa shape index (κ1) is 15.2. The van der Waals surface area contributed by atoms with Gasteiger partial charge in [-0.3, -0.25) is 4.79 Å². The van der Waals surface area contributed by atoms with E-state index in [-0.39, 0.29) is 11.4 Å². The summed E-state index contributed by atoms with van der Waals surface area (Å²) in [6, 6.07) is 0. The van der Waals surface area contributed by atoms with Crippen LogP contribution in [-0.4, -0.2) is 12.6 Å². The predicted molar refractivity (Wildman–Crippen MR) is 68.2 cm³/mol. The number of esters is 1. The molecule has 0 aliphatic rings. The lowest BCUT2D eigenvalue weighted by Gasteiger charge is -2.33. The van der Waals surface area contributed by atoms with Gasteiger partial charge in [0, 0.05) is 0 Å². The van der Waals surface area contributed by atoms with Crippen LogP contribution in [0.15, 0.2) is 12.7 Å². The number of carbonyl (C=O) groups is 1. The van der Waals surface area contributed by atoms with Gasteiger partial charge in [-0.05, 0) is 25.2 Å². The van der Waals surface area contributed by atoms with Gasteiger partial charge in [0.1, 0.15) is 6.61 Å². The summed E-state index contributed by atoms with van der Waals surface area (Å²) in [7, 11) is 0. The molecule has 0 saturated heterocycles. The van der Waals surface area contributed by atoms with Gasteiger partial charge in [0.25, 0.3) is 0 Å². The molecule has 0 saturated carbocycles. The Hall–Kier alpha value is -0.790. The van der Waals surface area contributed by atoms with E-state index in [4.69, 9.17) is 4.74 Å². The molecule has 0 aromatic rings. The zero-order valence-electron chi connectivity index (χ0n) is 11.4. The molecule has 0 amide bonds. The molecule has 2 atom stereocenters. The minimum absolute atomic E-state index is 0.0947. The van der Waals surface area contributed by atoms with E-state index >= 15 is 0 Å². The molecule has 2 nitrogen and oxygen atoms in total. The molecule has 2 heteroatoms. The van der Waals surface area contributed by atoms with Crippen molar-refractivity contribution in [1.82, 2.24) is 0 Å². The summed E-state index contributed by atoms with van der Waals surface area (Å²) in [5, 5.41) is 0.